The Bertz CT molecular complexity index is 2630. The molecule has 1 atom stereocenters. The first-order chi connectivity index (χ1) is 31.3. The molecule has 66 heavy (non-hydrogen) atoms. The summed E-state index contributed by atoms with van der Waals surface area (Å²) in [5, 5.41) is 9.35. The number of rotatable bonds is 18. The fourth-order valence-corrected chi connectivity index (χ4v) is 7.39. The Morgan fingerprint density at radius 1 is 0.455 bits per heavy atom. The number of phenolic OH excluding ortho intramolecular Hbond substituents is 1. The van der Waals surface area contributed by atoms with Gasteiger partial charge in [-0.15, -0.1) is 0 Å². The first-order valence-corrected chi connectivity index (χ1v) is 20.8. The number of alkyl halides is 6. The smallest absolute Gasteiger partial charge is 0.419 e. The third-order valence-electron chi connectivity index (χ3n) is 11.0. The lowest BCUT2D eigenvalue weighted by Crippen LogP contribution is -2.14. The molecule has 6 aromatic carbocycles. The van der Waals surface area contributed by atoms with Gasteiger partial charge in [0.2, 0.25) is 11.6 Å². The van der Waals surface area contributed by atoms with Crippen LogP contribution in [0.2, 0.25) is 0 Å². The molecule has 0 spiro atoms. The van der Waals surface area contributed by atoms with Gasteiger partial charge in [0.25, 0.3) is 0 Å². The Labute approximate surface area is 372 Å². The van der Waals surface area contributed by atoms with Crippen LogP contribution in [0.1, 0.15) is 60.1 Å². The van der Waals surface area contributed by atoms with Gasteiger partial charge in [-0.25, -0.2) is 17.6 Å². The monoisotopic (exact) mass is 934 g/mol. The third kappa shape index (κ3) is 11.5. The van der Waals surface area contributed by atoms with Gasteiger partial charge in [-0.3, -0.25) is 0 Å². The van der Waals surface area contributed by atoms with E-state index in [0.717, 1.165) is 48.5 Å². The highest BCUT2D eigenvalue weighted by Crippen LogP contribution is 2.42. The Balaban J connectivity index is 0.952. The number of benzene rings is 6. The molecule has 6 rings (SSSR count). The largest absolute Gasteiger partial charge is 0.505 e. The van der Waals surface area contributed by atoms with Crippen molar-refractivity contribution in [3.8, 4) is 45.3 Å². The Hall–Kier alpha value is -6.32. The summed E-state index contributed by atoms with van der Waals surface area (Å²) in [6, 6.07) is 20.9. The van der Waals surface area contributed by atoms with Gasteiger partial charge in [-0.05, 0) is 122 Å². The molecule has 6 aromatic rings. The molecule has 0 fully saturated rings. The molecule has 1 unspecified atom stereocenters. The Morgan fingerprint density at radius 2 is 0.848 bits per heavy atom. The van der Waals surface area contributed by atoms with E-state index in [4.69, 9.17) is 14.2 Å². The van der Waals surface area contributed by atoms with E-state index in [-0.39, 0.29) is 49.3 Å². The molecular weight excluding hydrogens is 893 g/mol. The highest BCUT2D eigenvalue weighted by molar-refractivity contribution is 5.69. The van der Waals surface area contributed by atoms with E-state index >= 15 is 8.78 Å². The second-order valence-electron chi connectivity index (χ2n) is 15.5. The van der Waals surface area contributed by atoms with Crippen LogP contribution in [-0.4, -0.2) is 24.9 Å². The Morgan fingerprint density at radius 3 is 1.27 bits per heavy atom. The molecule has 0 aliphatic rings. The second kappa shape index (κ2) is 20.9. The summed E-state index contributed by atoms with van der Waals surface area (Å²) < 4.78 is 189. The van der Waals surface area contributed by atoms with Gasteiger partial charge in [0.15, 0.2) is 23.1 Å². The minimum Gasteiger partial charge on any atom is -0.505 e. The van der Waals surface area contributed by atoms with E-state index in [2.05, 4.69) is 0 Å². The molecule has 0 saturated heterocycles. The molecule has 0 bridgehead atoms. The van der Waals surface area contributed by atoms with Gasteiger partial charge < -0.3 is 19.3 Å². The lowest BCUT2D eigenvalue weighted by atomic mass is 9.93. The summed E-state index contributed by atoms with van der Waals surface area (Å²) in [4.78, 5) is 0. The molecule has 0 heterocycles. The number of hydrogen-bond acceptors (Lipinski definition) is 4. The maximum atomic E-state index is 15.5. The van der Waals surface area contributed by atoms with E-state index in [1.54, 1.807) is 48.5 Å². The first-order valence-electron chi connectivity index (χ1n) is 20.8. The normalized spacial score (nSPS) is 12.3. The molecule has 0 aromatic heterocycles. The van der Waals surface area contributed by atoms with E-state index in [1.165, 1.54) is 6.92 Å². The maximum absolute atomic E-state index is 15.5. The first kappa shape index (κ1) is 49.1. The molecule has 0 amide bonds. The van der Waals surface area contributed by atoms with Gasteiger partial charge in [-0.2, -0.15) is 35.1 Å². The van der Waals surface area contributed by atoms with Crippen molar-refractivity contribution < 1.29 is 72.0 Å². The molecule has 0 aliphatic heterocycles. The number of aromatic hydroxyl groups is 1. The molecule has 350 valence electrons. The highest BCUT2D eigenvalue weighted by Gasteiger charge is 2.39. The predicted molar refractivity (Wildman–Crippen MR) is 223 cm³/mol. The second-order valence-corrected chi connectivity index (χ2v) is 15.5. The minimum absolute atomic E-state index is 0.0146. The van der Waals surface area contributed by atoms with Crippen LogP contribution in [0.4, 0.5) is 52.7 Å². The summed E-state index contributed by atoms with van der Waals surface area (Å²) in [6.45, 7) is 4.25. The molecule has 4 nitrogen and oxygen atoms in total. The van der Waals surface area contributed by atoms with Gasteiger partial charge in [-0.1, -0.05) is 55.5 Å². The van der Waals surface area contributed by atoms with Gasteiger partial charge in [0, 0.05) is 22.3 Å². The van der Waals surface area contributed by atoms with Crippen LogP contribution in [-0.2, 0) is 38.0 Å². The minimum atomic E-state index is -5.13. The number of halogens is 12. The predicted octanol–water partition coefficient (Wildman–Crippen LogP) is 14.4. The highest BCUT2D eigenvalue weighted by atomic mass is 19.4. The van der Waals surface area contributed by atoms with Crippen LogP contribution in [0.3, 0.4) is 0 Å². The number of ether oxygens (including phenoxy) is 3. The van der Waals surface area contributed by atoms with Crippen molar-refractivity contribution >= 4 is 0 Å². The van der Waals surface area contributed by atoms with Crippen molar-refractivity contribution in [3.63, 3.8) is 0 Å². The van der Waals surface area contributed by atoms with E-state index in [0.29, 0.717) is 48.7 Å². The summed E-state index contributed by atoms with van der Waals surface area (Å²) >= 11 is 0. The topological polar surface area (TPSA) is 47.9 Å². The van der Waals surface area contributed by atoms with Crippen LogP contribution in [0.15, 0.2) is 97.1 Å². The van der Waals surface area contributed by atoms with Crippen molar-refractivity contribution in [2.24, 2.45) is 5.92 Å². The summed E-state index contributed by atoms with van der Waals surface area (Å²) in [5.74, 6) is -10.1. The fraction of sp³-hybridized carbons (Fsp3) is 0.280. The third-order valence-corrected chi connectivity index (χ3v) is 11.0. The van der Waals surface area contributed by atoms with E-state index < -0.39 is 92.1 Å². The van der Waals surface area contributed by atoms with Gasteiger partial charge in [0.05, 0.1) is 30.9 Å². The van der Waals surface area contributed by atoms with Crippen LogP contribution in [0.5, 0.6) is 23.0 Å². The van der Waals surface area contributed by atoms with Crippen LogP contribution in [0, 0.1) is 40.8 Å². The summed E-state index contributed by atoms with van der Waals surface area (Å²) in [6.07, 6.45) is -9.13. The zero-order chi connectivity index (χ0) is 47.9. The zero-order valence-corrected chi connectivity index (χ0v) is 35.4. The molecule has 16 heteroatoms. The molecular formula is C50H42F12O4. The van der Waals surface area contributed by atoms with Crippen molar-refractivity contribution in [1.82, 2.24) is 0 Å². The van der Waals surface area contributed by atoms with Gasteiger partial charge >= 0.3 is 12.4 Å². The molecule has 0 radical (unpaired) electrons. The lowest BCUT2D eigenvalue weighted by Gasteiger charge is -2.17. The SMILES string of the molecule is CCOc1ccc(-c2ccc(CCc3ccc(OCCC(C)CCOc4ccc(CCc5ccc(-c6ccc(O)c(F)c6F)c(F)c5C(F)(F)F)cc4)cc3)c(C(F)(F)F)c2F)c(F)c1F. The summed E-state index contributed by atoms with van der Waals surface area (Å²) in [5.41, 5.74) is -5.53. The lowest BCUT2D eigenvalue weighted by molar-refractivity contribution is -0.141. The molecule has 0 saturated carbocycles. The fourth-order valence-electron chi connectivity index (χ4n) is 7.39. The van der Waals surface area contributed by atoms with Crippen LogP contribution < -0.4 is 14.2 Å². The van der Waals surface area contributed by atoms with E-state index in [9.17, 15) is 49.0 Å². The van der Waals surface area contributed by atoms with Crippen molar-refractivity contribution in [1.29, 1.82) is 0 Å². The molecule has 1 N–H and O–H groups in total. The maximum Gasteiger partial charge on any atom is 0.419 e. The van der Waals surface area contributed by atoms with Crippen molar-refractivity contribution in [3.05, 3.63) is 165 Å². The van der Waals surface area contributed by atoms with E-state index in [1.807, 2.05) is 6.92 Å². The summed E-state index contributed by atoms with van der Waals surface area (Å²) in [7, 11) is 0. The zero-order valence-electron chi connectivity index (χ0n) is 35.4. The van der Waals surface area contributed by atoms with Crippen molar-refractivity contribution in [2.75, 3.05) is 19.8 Å². The standard InChI is InChI=1S/C50H42F12O4/c1-3-64-40-23-21-38(46(54)48(40)56)36-19-13-32(42(44(36)52)50(60,61)62)11-5-30-8-16-34(17-9-30)66-27-25-28(2)24-26-65-33-14-6-29(7-15-33)4-10-31-12-18-35(43(51)41(31)49(57,58)59)37-20-22-39(63)47(55)45(37)53/h6-9,12-23,28,63H,3-5,10-11,24-27H2,1-2H3. The van der Waals surface area contributed by atoms with Gasteiger partial charge in [0.1, 0.15) is 23.1 Å². The molecule has 0 aliphatic carbocycles. The van der Waals surface area contributed by atoms with Crippen LogP contribution in [0.25, 0.3) is 22.3 Å². The quantitative estimate of drug-likeness (QED) is 0.0873. The number of aryl methyl sites for hydroxylation is 4. The van der Waals surface area contributed by atoms with Crippen molar-refractivity contribution in [2.45, 2.75) is 64.7 Å². The number of phenols is 1. The van der Waals surface area contributed by atoms with Crippen LogP contribution >= 0.6 is 0 Å². The number of hydrogen-bond donors (Lipinski definition) is 1. The average molecular weight is 935 g/mol. The average Bonchev–Trinajstić information content (AvgIpc) is 3.26. The Kier molecular flexibility index (Phi) is 15.5.